The number of halogens is 6. The highest BCUT2D eigenvalue weighted by atomic mass is 19.4. The van der Waals surface area contributed by atoms with Gasteiger partial charge in [-0.2, -0.15) is 13.2 Å². The number of piperidine rings is 1. The maximum Gasteiger partial charge on any atom is 0.425 e. The molecule has 2 saturated heterocycles. The number of fused-ring (bicyclic) bond motifs is 1. The number of amides is 3. The third kappa shape index (κ3) is 5.06. The van der Waals surface area contributed by atoms with Gasteiger partial charge in [0.25, 0.3) is 12.3 Å². The number of nitrogens with zero attached hydrogens (tertiary/aromatic N) is 2. The molecule has 36 heavy (non-hydrogen) atoms. The average Bonchev–Trinajstić information content (AvgIpc) is 3.15. The molecule has 194 valence electrons. The molecule has 0 aliphatic carbocycles. The zero-order valence-corrected chi connectivity index (χ0v) is 18.9. The predicted molar refractivity (Wildman–Crippen MR) is 117 cm³/mol. The van der Waals surface area contributed by atoms with Crippen LogP contribution in [-0.4, -0.2) is 41.8 Å². The van der Waals surface area contributed by atoms with Gasteiger partial charge in [0.15, 0.2) is 6.10 Å². The Morgan fingerprint density at radius 2 is 1.92 bits per heavy atom. The summed E-state index contributed by atoms with van der Waals surface area (Å²) < 4.78 is 86.5. The molecule has 13 heteroatoms. The third-order valence-electron chi connectivity index (χ3n) is 5.96. The Morgan fingerprint density at radius 3 is 2.58 bits per heavy atom. The highest BCUT2D eigenvalue weighted by Crippen LogP contribution is 2.36. The zero-order valence-electron chi connectivity index (χ0n) is 18.9. The van der Waals surface area contributed by atoms with Gasteiger partial charge in [0.05, 0.1) is 5.56 Å². The molecule has 0 saturated carbocycles. The Bertz CT molecular complexity index is 1160. The molecule has 4 rings (SSSR count). The molecule has 2 aliphatic heterocycles. The molecule has 0 radical (unpaired) electrons. The number of anilines is 2. The van der Waals surface area contributed by atoms with Crippen molar-refractivity contribution in [1.29, 1.82) is 0 Å². The van der Waals surface area contributed by atoms with Crippen LogP contribution in [0.15, 0.2) is 36.4 Å². The summed E-state index contributed by atoms with van der Waals surface area (Å²) in [4.78, 5) is 27.2. The first-order chi connectivity index (χ1) is 17.0. The van der Waals surface area contributed by atoms with E-state index in [0.717, 1.165) is 30.0 Å². The average molecular weight is 516 g/mol. The number of ether oxygens (including phenoxy) is 1. The van der Waals surface area contributed by atoms with Crippen molar-refractivity contribution in [2.24, 2.45) is 0 Å². The predicted octanol–water partition coefficient (Wildman–Crippen LogP) is 5.60. The first kappa shape index (κ1) is 25.6. The number of para-hydroxylation sites is 1. The topological polar surface area (TPSA) is 73.9 Å². The second kappa shape index (κ2) is 9.88. The Balaban J connectivity index is 1.71. The summed E-state index contributed by atoms with van der Waals surface area (Å²) in [5.74, 6) is -2.95. The van der Waals surface area contributed by atoms with E-state index in [0.29, 0.717) is 26.0 Å². The Morgan fingerprint density at radius 1 is 1.19 bits per heavy atom. The van der Waals surface area contributed by atoms with E-state index in [9.17, 15) is 31.5 Å². The summed E-state index contributed by atoms with van der Waals surface area (Å²) in [5, 5.41) is 3.04. The lowest BCUT2D eigenvalue weighted by Crippen LogP contribution is -2.40. The van der Waals surface area contributed by atoms with Gasteiger partial charge in [-0.1, -0.05) is 18.2 Å². The molecule has 2 aromatic rings. The van der Waals surface area contributed by atoms with Crippen LogP contribution in [0.25, 0.3) is 0 Å². The third-order valence-corrected chi connectivity index (χ3v) is 5.96. The van der Waals surface area contributed by atoms with Gasteiger partial charge in [0, 0.05) is 23.9 Å². The number of hydrazine groups is 1. The minimum Gasteiger partial charge on any atom is -0.480 e. The van der Waals surface area contributed by atoms with Gasteiger partial charge in [0.2, 0.25) is 0 Å². The maximum atomic E-state index is 15.2. The number of alkyl halides is 5. The smallest absolute Gasteiger partial charge is 0.425 e. The van der Waals surface area contributed by atoms with Gasteiger partial charge in [-0.05, 0) is 38.3 Å². The molecule has 2 fully saturated rings. The van der Waals surface area contributed by atoms with Crippen LogP contribution in [0.3, 0.4) is 0 Å². The molecule has 0 spiro atoms. The number of nitrogens with one attached hydrogen (secondary N) is 2. The molecule has 2 atom stereocenters. The molecule has 7 nitrogen and oxygen atoms in total. The lowest BCUT2D eigenvalue weighted by atomic mass is 10.1. The van der Waals surface area contributed by atoms with Gasteiger partial charge in [0.1, 0.15) is 23.4 Å². The molecular formula is C23H22F6N4O3. The van der Waals surface area contributed by atoms with E-state index in [4.69, 9.17) is 4.74 Å². The fourth-order valence-electron chi connectivity index (χ4n) is 4.04. The zero-order chi connectivity index (χ0) is 26.2. The van der Waals surface area contributed by atoms with Gasteiger partial charge >= 0.3 is 12.2 Å². The normalized spacial score (nSPS) is 18.9. The van der Waals surface area contributed by atoms with Crippen LogP contribution in [0.4, 0.5) is 42.5 Å². The molecule has 2 aliphatic rings. The van der Waals surface area contributed by atoms with Crippen molar-refractivity contribution in [1.82, 2.24) is 10.3 Å². The first-order valence-electron chi connectivity index (χ1n) is 11.1. The fourth-order valence-corrected chi connectivity index (χ4v) is 4.04. The summed E-state index contributed by atoms with van der Waals surface area (Å²) >= 11 is 0. The lowest BCUT2D eigenvalue weighted by molar-refractivity contribution is -0.189. The number of hydrogen-bond acceptors (Lipinski definition) is 4. The molecule has 2 heterocycles. The van der Waals surface area contributed by atoms with Crippen LogP contribution < -0.4 is 20.5 Å². The number of carbonyl (C=O) groups is 2. The van der Waals surface area contributed by atoms with Crippen LogP contribution in [0.5, 0.6) is 5.75 Å². The van der Waals surface area contributed by atoms with Crippen molar-refractivity contribution < 1.29 is 40.7 Å². The fraction of sp³-hybridized carbons (Fsp3) is 0.391. The minimum absolute atomic E-state index is 0.301. The van der Waals surface area contributed by atoms with Gasteiger partial charge in [-0.3, -0.25) is 4.79 Å². The molecule has 0 aromatic heterocycles. The highest BCUT2D eigenvalue weighted by molar-refractivity contribution is 6.07. The number of carbonyl (C=O) groups excluding carboxylic acids is 2. The van der Waals surface area contributed by atoms with Crippen molar-refractivity contribution >= 4 is 23.3 Å². The monoisotopic (exact) mass is 516 g/mol. The molecule has 0 bridgehead atoms. The van der Waals surface area contributed by atoms with Crippen molar-refractivity contribution in [2.45, 2.75) is 51.1 Å². The van der Waals surface area contributed by atoms with E-state index in [2.05, 4.69) is 10.7 Å². The van der Waals surface area contributed by atoms with Crippen LogP contribution in [0.2, 0.25) is 0 Å². The Labute approximate surface area is 202 Å². The van der Waals surface area contributed by atoms with Crippen molar-refractivity contribution in [3.05, 3.63) is 53.3 Å². The Kier molecular flexibility index (Phi) is 7.03. The van der Waals surface area contributed by atoms with E-state index in [1.807, 2.05) is 0 Å². The summed E-state index contributed by atoms with van der Waals surface area (Å²) in [6.07, 6.45) is -8.41. The van der Waals surface area contributed by atoms with Crippen LogP contribution in [-0.2, 0) is 0 Å². The molecule has 2 N–H and O–H groups in total. The van der Waals surface area contributed by atoms with E-state index in [-0.39, 0.29) is 5.69 Å². The highest BCUT2D eigenvalue weighted by Gasteiger charge is 2.42. The minimum atomic E-state index is -4.83. The van der Waals surface area contributed by atoms with Crippen LogP contribution in [0.1, 0.15) is 48.5 Å². The summed E-state index contributed by atoms with van der Waals surface area (Å²) in [5.41, 5.74) is 0.889. The second-order valence-electron chi connectivity index (χ2n) is 8.40. The van der Waals surface area contributed by atoms with Crippen LogP contribution >= 0.6 is 0 Å². The van der Waals surface area contributed by atoms with Crippen LogP contribution in [0, 0.1) is 5.82 Å². The lowest BCUT2D eigenvalue weighted by Gasteiger charge is -2.26. The van der Waals surface area contributed by atoms with Gasteiger partial charge < -0.3 is 15.0 Å². The maximum absolute atomic E-state index is 15.2. The molecule has 1 unspecified atom stereocenters. The number of urea groups is 1. The number of benzene rings is 2. The number of hydrogen-bond donors (Lipinski definition) is 2. The Hall–Kier alpha value is -3.48. The summed E-state index contributed by atoms with van der Waals surface area (Å²) in [6, 6.07) is 5.75. The molecule has 3 amide bonds. The summed E-state index contributed by atoms with van der Waals surface area (Å²) in [7, 11) is 0. The largest absolute Gasteiger partial charge is 0.480 e. The standard InChI is InChI=1S/C23H22F6N4O3/c1-12(23(27,28)29)36-18-11-17(33-22(35)32-9-5-4-8-19(32)31-33)15(24)10-14(18)21(34)30-16-7-3-2-6-13(16)20(25)26/h2-3,6-7,10-12,19-20,31H,4-5,8-9H2,1H3,(H,30,34)/t12-,19?/m0/s1. The van der Waals surface area contributed by atoms with Crippen molar-refractivity contribution in [2.75, 3.05) is 16.9 Å². The molecule has 2 aromatic carbocycles. The summed E-state index contributed by atoms with van der Waals surface area (Å²) in [6.45, 7) is 1.11. The van der Waals surface area contributed by atoms with E-state index >= 15 is 4.39 Å². The van der Waals surface area contributed by atoms with Gasteiger partial charge in [-0.15, -0.1) is 0 Å². The van der Waals surface area contributed by atoms with Crippen molar-refractivity contribution in [3.8, 4) is 5.75 Å². The van der Waals surface area contributed by atoms with E-state index < -0.39 is 65.2 Å². The second-order valence-corrected chi connectivity index (χ2v) is 8.40. The van der Waals surface area contributed by atoms with Gasteiger partial charge in [-0.25, -0.2) is 28.4 Å². The SMILES string of the molecule is C[C@H](Oc1cc(N2NC3CCCCN3C2=O)c(F)cc1C(=O)Nc1ccccc1C(F)F)C(F)(F)F. The quantitative estimate of drug-likeness (QED) is 0.491. The van der Waals surface area contributed by atoms with E-state index in [1.54, 1.807) is 0 Å². The molecular weight excluding hydrogens is 494 g/mol. The first-order valence-corrected chi connectivity index (χ1v) is 11.1. The number of rotatable bonds is 6. The van der Waals surface area contributed by atoms with Crippen molar-refractivity contribution in [3.63, 3.8) is 0 Å². The van der Waals surface area contributed by atoms with E-state index in [1.165, 1.54) is 23.1 Å².